The molecule has 6 aromatic carbocycles. The van der Waals surface area contributed by atoms with Gasteiger partial charge in [-0.2, -0.15) is 16.8 Å². The summed E-state index contributed by atoms with van der Waals surface area (Å²) < 4.78 is 126. The molecule has 0 unspecified atom stereocenters. The van der Waals surface area contributed by atoms with Crippen LogP contribution in [0.5, 0.6) is 0 Å². The maximum absolute atomic E-state index is 13.1. The third-order valence-electron chi connectivity index (χ3n) is 8.80. The van der Waals surface area contributed by atoms with Gasteiger partial charge in [0, 0.05) is 70.7 Å². The molecule has 0 spiro atoms. The third kappa shape index (κ3) is 10.7. The highest BCUT2D eigenvalue weighted by Gasteiger charge is 2.26. The lowest BCUT2D eigenvalue weighted by atomic mass is 10.0. The first-order chi connectivity index (χ1) is 29.9. The van der Waals surface area contributed by atoms with Crippen molar-refractivity contribution in [3.63, 3.8) is 0 Å². The van der Waals surface area contributed by atoms with Gasteiger partial charge in [0.25, 0.3) is 63.5 Å². The van der Waals surface area contributed by atoms with Crippen LogP contribution in [-0.2, 0) is 40.3 Å². The van der Waals surface area contributed by atoms with Crippen molar-refractivity contribution in [1.29, 1.82) is 0 Å². The van der Waals surface area contributed by atoms with E-state index in [4.69, 9.17) is 0 Å². The Kier molecular flexibility index (Phi) is 12.6. The molecule has 0 bridgehead atoms. The van der Waals surface area contributed by atoms with E-state index in [0.29, 0.717) is 0 Å². The van der Waals surface area contributed by atoms with Crippen LogP contribution < -0.4 is 20.1 Å². The van der Waals surface area contributed by atoms with Crippen LogP contribution in [0.1, 0.15) is 22.1 Å². The number of benzene rings is 6. The molecule has 6 N–H and O–H groups in total. The van der Waals surface area contributed by atoms with Gasteiger partial charge < -0.3 is 10.6 Å². The zero-order valence-electron chi connectivity index (χ0n) is 31.8. The predicted octanol–water partition coefficient (Wildman–Crippen LogP) is 6.02. The van der Waals surface area contributed by atoms with E-state index in [1.807, 2.05) is 0 Å². The highest BCUT2D eigenvalue weighted by molar-refractivity contribution is 7.93. The molecule has 332 valence electrons. The number of carbonyl (C=O) groups excluding carboxylic acids is 2. The van der Waals surface area contributed by atoms with Crippen molar-refractivity contribution in [2.24, 2.45) is 0 Å². The summed E-state index contributed by atoms with van der Waals surface area (Å²) in [6, 6.07) is 24.1. The van der Waals surface area contributed by atoms with Crippen LogP contribution in [0.25, 0.3) is 11.1 Å². The Morgan fingerprint density at radius 1 is 0.469 bits per heavy atom. The van der Waals surface area contributed by atoms with Crippen molar-refractivity contribution in [3.8, 4) is 11.1 Å². The van der Waals surface area contributed by atoms with Crippen LogP contribution in [0.15, 0.2) is 153 Å². The maximum Gasteiger partial charge on any atom is 0.295 e. The third-order valence-corrected chi connectivity index (χ3v) is 13.3. The molecule has 26 heteroatoms. The van der Waals surface area contributed by atoms with Crippen LogP contribution in [0, 0.1) is 20.2 Å². The van der Waals surface area contributed by atoms with E-state index in [2.05, 4.69) is 20.1 Å². The molecule has 0 aliphatic rings. The fraction of sp³-hybridized carbons (Fsp3) is 0. The Morgan fingerprint density at radius 2 is 0.797 bits per heavy atom. The summed E-state index contributed by atoms with van der Waals surface area (Å²) in [6.45, 7) is 0. The Labute approximate surface area is 364 Å². The van der Waals surface area contributed by atoms with E-state index in [1.54, 1.807) is 0 Å². The van der Waals surface area contributed by atoms with E-state index in [9.17, 15) is 72.6 Å². The Hall–Kier alpha value is -7.62. The van der Waals surface area contributed by atoms with E-state index < -0.39 is 104 Å². The highest BCUT2D eigenvalue weighted by atomic mass is 32.2. The Bertz CT molecular complexity index is 3130. The Balaban J connectivity index is 0.00000793. The molecule has 6 aromatic rings. The number of nitro groups is 2. The average Bonchev–Trinajstić information content (AvgIpc) is 3.23. The monoisotopic (exact) mass is 955 g/mol. The van der Waals surface area contributed by atoms with Gasteiger partial charge >= 0.3 is 0 Å². The second-order valence-electron chi connectivity index (χ2n) is 13.2. The molecule has 0 aliphatic carbocycles. The largest absolute Gasteiger partial charge is 0.322 e. The van der Waals surface area contributed by atoms with Gasteiger partial charge in [-0.3, -0.25) is 48.4 Å². The minimum Gasteiger partial charge on any atom is -0.322 e. The van der Waals surface area contributed by atoms with Crippen molar-refractivity contribution >= 4 is 86.2 Å². The second kappa shape index (κ2) is 17.6. The van der Waals surface area contributed by atoms with Crippen LogP contribution in [0.2, 0.25) is 0 Å². The number of nitro benzene ring substituents is 2. The smallest absolute Gasteiger partial charge is 0.295 e. The summed E-state index contributed by atoms with van der Waals surface area (Å²) in [7, 11) is -18.9. The number of nitrogens with zero attached hydrogens (tertiary/aromatic N) is 2. The first-order valence-electron chi connectivity index (χ1n) is 17.5. The van der Waals surface area contributed by atoms with Gasteiger partial charge in [-0.05, 0) is 84.9 Å². The number of hydrogen-bond acceptors (Lipinski definition) is 14. The molecule has 0 saturated heterocycles. The van der Waals surface area contributed by atoms with Gasteiger partial charge in [0.15, 0.2) is 0 Å². The summed E-state index contributed by atoms with van der Waals surface area (Å²) in [5.41, 5.74) is -2.49. The topological polar surface area (TPSA) is 346 Å². The Morgan fingerprint density at radius 3 is 1.11 bits per heavy atom. The number of rotatable bonds is 15. The summed E-state index contributed by atoms with van der Waals surface area (Å²) in [6.07, 6.45) is 0. The quantitative estimate of drug-likeness (QED) is 0.0389. The van der Waals surface area contributed by atoms with Gasteiger partial charge in [0.05, 0.1) is 19.6 Å². The predicted molar refractivity (Wildman–Crippen MR) is 230 cm³/mol. The minimum absolute atomic E-state index is 0. The summed E-state index contributed by atoms with van der Waals surface area (Å²) in [5.74, 6) is -1.70. The molecule has 0 saturated carbocycles. The lowest BCUT2D eigenvalue weighted by molar-refractivity contribution is -0.385. The van der Waals surface area contributed by atoms with E-state index in [0.717, 1.165) is 72.8 Å². The zero-order valence-corrected chi connectivity index (χ0v) is 35.1. The summed E-state index contributed by atoms with van der Waals surface area (Å²) >= 11 is 0. The van der Waals surface area contributed by atoms with E-state index in [-0.39, 0.29) is 35.3 Å². The molecule has 64 heavy (non-hydrogen) atoms. The van der Waals surface area contributed by atoms with E-state index in [1.165, 1.54) is 60.7 Å². The van der Waals surface area contributed by atoms with Gasteiger partial charge in [0.2, 0.25) is 0 Å². The van der Waals surface area contributed by atoms with Crippen LogP contribution in [0.3, 0.4) is 0 Å². The zero-order chi connectivity index (χ0) is 46.8. The molecule has 0 aliphatic heterocycles. The van der Waals surface area contributed by atoms with Gasteiger partial charge in [0.1, 0.15) is 9.79 Å². The first kappa shape index (κ1) is 45.9. The number of nitrogens with one attached hydrogen (secondary N) is 4. The normalized spacial score (nSPS) is 11.8. The molecule has 2 amide bonds. The number of hydrogen-bond donors (Lipinski definition) is 6. The van der Waals surface area contributed by atoms with Gasteiger partial charge in [-0.15, -0.1) is 0 Å². The number of carbonyl (C=O) groups is 2. The fourth-order valence-electron chi connectivity index (χ4n) is 5.81. The molecular weight excluding hydrogens is 925 g/mol. The lowest BCUT2D eigenvalue weighted by Crippen LogP contribution is -2.15. The van der Waals surface area contributed by atoms with Crippen molar-refractivity contribution in [1.82, 2.24) is 0 Å². The average molecular weight is 956 g/mol. The molecule has 0 atom stereocenters. The van der Waals surface area contributed by atoms with Crippen molar-refractivity contribution in [2.45, 2.75) is 19.6 Å². The van der Waals surface area contributed by atoms with Crippen molar-refractivity contribution in [2.75, 3.05) is 20.1 Å². The highest BCUT2D eigenvalue weighted by Crippen LogP contribution is 2.36. The molecule has 22 nitrogen and oxygen atoms in total. The molecule has 0 fully saturated rings. The number of non-ortho nitro benzene ring substituents is 2. The molecular formula is C38H30N6O16S4. The summed E-state index contributed by atoms with van der Waals surface area (Å²) in [5, 5.41) is 26.9. The lowest BCUT2D eigenvalue weighted by Gasteiger charge is -2.15. The SMILES string of the molecule is O=C(Nc1ccc(-c2ccc(NC(=O)c3ccc(NS(=O)(=O)c4cccc([N+](=O)[O-])c4)cc3)cc2S(=O)(=O)O)c(S(=O)(=O)O)c1)c1ccc(NS(=O)(=O)c2cccc([N+](=O)[O-])c2)cc1.[2HH]. The minimum atomic E-state index is -5.19. The van der Waals surface area contributed by atoms with Crippen molar-refractivity contribution < 1.29 is 63.6 Å². The second-order valence-corrected chi connectivity index (χ2v) is 19.3. The van der Waals surface area contributed by atoms with Crippen LogP contribution in [0.4, 0.5) is 34.1 Å². The number of anilines is 4. The number of sulfonamides is 2. The van der Waals surface area contributed by atoms with Gasteiger partial charge in [-0.1, -0.05) is 24.3 Å². The van der Waals surface area contributed by atoms with Gasteiger partial charge in [-0.25, -0.2) is 16.8 Å². The fourth-order valence-corrected chi connectivity index (χ4v) is 9.47. The molecule has 6 rings (SSSR count). The first-order valence-corrected chi connectivity index (χ1v) is 23.4. The molecule has 0 aromatic heterocycles. The van der Waals surface area contributed by atoms with Crippen molar-refractivity contribution in [3.05, 3.63) is 165 Å². The maximum atomic E-state index is 13.1. The van der Waals surface area contributed by atoms with E-state index >= 15 is 0 Å². The molecule has 0 heterocycles. The number of amides is 2. The van der Waals surface area contributed by atoms with Crippen LogP contribution in [-0.4, -0.2) is 64.4 Å². The van der Waals surface area contributed by atoms with Crippen LogP contribution >= 0.6 is 0 Å². The summed E-state index contributed by atoms with van der Waals surface area (Å²) in [4.78, 5) is 44.2. The standard InChI is InChI=1S/C38H28N6O16S4.H2/c45-37(23-7-11-25(12-8-23)41-61(51,52)31-5-1-3-29(21-31)43(47)48)39-27-15-17-33(35(19-27)63(55,56)57)34-18-16-28(20-36(34)64(58,59)60)40-38(46)24-9-13-26(14-10-24)42-62(53,54)32-6-2-4-30(22-32)44(49)50;/h1-22,41-42H,(H,39,45)(H,40,46)(H,55,56,57)(H,58,59,60);1H/i;1+1. The molecule has 0 radical (unpaired) electrons.